The van der Waals surface area contributed by atoms with Crippen LogP contribution in [0.2, 0.25) is 0 Å². The highest BCUT2D eigenvalue weighted by Gasteiger charge is 2.11. The van der Waals surface area contributed by atoms with Gasteiger partial charge in [0.05, 0.1) is 5.56 Å². The largest absolute Gasteiger partial charge is 0.619 e. The minimum atomic E-state index is -0.659. The molecular formula is C14H11IN2O4. The lowest BCUT2D eigenvalue weighted by atomic mass is 10.3. The first kappa shape index (κ1) is 15.2. The summed E-state index contributed by atoms with van der Waals surface area (Å²) in [7, 11) is 0. The molecule has 0 radical (unpaired) electrons. The van der Waals surface area contributed by atoms with Crippen molar-refractivity contribution < 1.29 is 19.1 Å². The zero-order chi connectivity index (χ0) is 15.2. The van der Waals surface area contributed by atoms with Crippen molar-refractivity contribution in [2.75, 3.05) is 11.9 Å². The Kier molecular flexibility index (Phi) is 5.09. The monoisotopic (exact) mass is 398 g/mol. The number of esters is 1. The van der Waals surface area contributed by atoms with E-state index in [1.165, 1.54) is 24.5 Å². The number of halogens is 1. The van der Waals surface area contributed by atoms with Crippen molar-refractivity contribution in [1.82, 2.24) is 0 Å². The second-order valence-electron chi connectivity index (χ2n) is 4.08. The number of benzene rings is 1. The summed E-state index contributed by atoms with van der Waals surface area (Å²) in [6.07, 6.45) is 2.37. The Labute approximate surface area is 134 Å². The molecule has 0 fully saturated rings. The average Bonchev–Trinajstić information content (AvgIpc) is 2.48. The van der Waals surface area contributed by atoms with Crippen LogP contribution in [0.15, 0.2) is 48.8 Å². The molecule has 0 spiro atoms. The molecule has 1 aromatic heterocycles. The number of hydrogen-bond acceptors (Lipinski definition) is 4. The number of ether oxygens (including phenoxy) is 1. The summed E-state index contributed by atoms with van der Waals surface area (Å²) >= 11 is 2.16. The predicted molar refractivity (Wildman–Crippen MR) is 83.5 cm³/mol. The Morgan fingerprint density at radius 3 is 2.38 bits per heavy atom. The molecule has 2 aromatic rings. The molecule has 0 saturated carbocycles. The molecular weight excluding hydrogens is 387 g/mol. The fraction of sp³-hybridized carbons (Fsp3) is 0.0714. The van der Waals surface area contributed by atoms with Gasteiger partial charge in [0.25, 0.3) is 5.91 Å². The van der Waals surface area contributed by atoms with Gasteiger partial charge in [-0.25, -0.2) is 4.79 Å². The molecule has 1 amide bonds. The van der Waals surface area contributed by atoms with Crippen molar-refractivity contribution in [3.63, 3.8) is 0 Å². The van der Waals surface area contributed by atoms with E-state index in [1.807, 2.05) is 12.1 Å². The van der Waals surface area contributed by atoms with Gasteiger partial charge < -0.3 is 15.3 Å². The second-order valence-corrected chi connectivity index (χ2v) is 5.32. The van der Waals surface area contributed by atoms with Crippen molar-refractivity contribution in [3.05, 3.63) is 63.1 Å². The molecule has 1 N–H and O–H groups in total. The number of carbonyl (C=O) groups excluding carboxylic acids is 2. The average molecular weight is 398 g/mol. The lowest BCUT2D eigenvalue weighted by molar-refractivity contribution is -0.605. The van der Waals surface area contributed by atoms with E-state index in [9.17, 15) is 14.8 Å². The summed E-state index contributed by atoms with van der Waals surface area (Å²) in [5, 5.41) is 13.4. The summed E-state index contributed by atoms with van der Waals surface area (Å²) < 4.78 is 6.47. The van der Waals surface area contributed by atoms with Gasteiger partial charge in [-0.15, -0.1) is 0 Å². The predicted octanol–water partition coefficient (Wildman–Crippen LogP) is 1.72. The zero-order valence-electron chi connectivity index (χ0n) is 10.8. The van der Waals surface area contributed by atoms with Crippen LogP contribution in [-0.2, 0) is 9.53 Å². The highest BCUT2D eigenvalue weighted by Crippen LogP contribution is 2.11. The third-order valence-corrected chi connectivity index (χ3v) is 3.22. The van der Waals surface area contributed by atoms with Gasteiger partial charge in [-0.3, -0.25) is 4.79 Å². The smallest absolute Gasteiger partial charge is 0.339 e. The quantitative estimate of drug-likeness (QED) is 0.368. The van der Waals surface area contributed by atoms with E-state index >= 15 is 0 Å². The molecule has 2 rings (SSSR count). The van der Waals surface area contributed by atoms with Crippen LogP contribution in [-0.4, -0.2) is 18.5 Å². The van der Waals surface area contributed by atoms with Crippen LogP contribution >= 0.6 is 22.6 Å². The standard InChI is InChI=1S/C14H11IN2O4/c15-11-1-3-12(4-2-11)16-13(18)9-21-14(19)10-5-7-17(20)8-6-10/h1-8H,9H2,(H,16,18). The Balaban J connectivity index is 1.84. The molecule has 0 atom stereocenters. The molecule has 6 nitrogen and oxygen atoms in total. The molecule has 108 valence electrons. The van der Waals surface area contributed by atoms with Crippen molar-refractivity contribution in [1.29, 1.82) is 0 Å². The summed E-state index contributed by atoms with van der Waals surface area (Å²) in [5.41, 5.74) is 0.840. The first-order chi connectivity index (χ1) is 10.0. The Bertz CT molecular complexity index is 641. The summed E-state index contributed by atoms with van der Waals surface area (Å²) in [5.74, 6) is -1.09. The van der Waals surface area contributed by atoms with Gasteiger partial charge in [-0.05, 0) is 46.9 Å². The highest BCUT2D eigenvalue weighted by molar-refractivity contribution is 14.1. The van der Waals surface area contributed by atoms with Gasteiger partial charge in [0.15, 0.2) is 19.0 Å². The fourth-order valence-corrected chi connectivity index (χ4v) is 1.85. The van der Waals surface area contributed by atoms with Crippen LogP contribution in [0.25, 0.3) is 0 Å². The minimum Gasteiger partial charge on any atom is -0.619 e. The van der Waals surface area contributed by atoms with Gasteiger partial charge in [-0.1, -0.05) is 0 Å². The Morgan fingerprint density at radius 1 is 1.14 bits per heavy atom. The van der Waals surface area contributed by atoms with Crippen molar-refractivity contribution in [2.45, 2.75) is 0 Å². The number of amides is 1. The van der Waals surface area contributed by atoms with Crippen LogP contribution in [0.1, 0.15) is 10.4 Å². The zero-order valence-corrected chi connectivity index (χ0v) is 12.9. The molecule has 1 aromatic carbocycles. The molecule has 0 aliphatic rings. The third-order valence-electron chi connectivity index (χ3n) is 2.50. The summed E-state index contributed by atoms with van der Waals surface area (Å²) in [6.45, 7) is -0.392. The molecule has 21 heavy (non-hydrogen) atoms. The number of nitrogens with one attached hydrogen (secondary N) is 1. The Morgan fingerprint density at radius 2 is 1.76 bits per heavy atom. The molecule has 0 aliphatic heterocycles. The van der Waals surface area contributed by atoms with Crippen LogP contribution in [0.5, 0.6) is 0 Å². The molecule has 0 aliphatic carbocycles. The topological polar surface area (TPSA) is 82.3 Å². The van der Waals surface area contributed by atoms with Crippen molar-refractivity contribution in [3.8, 4) is 0 Å². The van der Waals surface area contributed by atoms with Gasteiger partial charge in [-0.2, -0.15) is 4.73 Å². The lowest BCUT2D eigenvalue weighted by Crippen LogP contribution is -2.25. The van der Waals surface area contributed by atoms with E-state index in [-0.39, 0.29) is 5.56 Å². The molecule has 0 unspecified atom stereocenters. The molecule has 0 saturated heterocycles. The first-order valence-electron chi connectivity index (χ1n) is 5.96. The number of carbonyl (C=O) groups is 2. The summed E-state index contributed by atoms with van der Waals surface area (Å²) in [6, 6.07) is 9.87. The van der Waals surface area contributed by atoms with E-state index in [0.29, 0.717) is 10.4 Å². The molecule has 7 heteroatoms. The van der Waals surface area contributed by atoms with E-state index in [0.717, 1.165) is 3.57 Å². The van der Waals surface area contributed by atoms with Gasteiger partial charge in [0.1, 0.15) is 0 Å². The van der Waals surface area contributed by atoms with E-state index in [1.54, 1.807) is 12.1 Å². The number of hydrogen-bond donors (Lipinski definition) is 1. The number of rotatable bonds is 4. The maximum atomic E-state index is 11.6. The number of pyridine rings is 1. The van der Waals surface area contributed by atoms with Gasteiger partial charge in [0, 0.05) is 21.4 Å². The number of nitrogens with zero attached hydrogens (tertiary/aromatic N) is 1. The first-order valence-corrected chi connectivity index (χ1v) is 7.04. The maximum absolute atomic E-state index is 11.6. The third kappa shape index (κ3) is 4.71. The van der Waals surface area contributed by atoms with Gasteiger partial charge >= 0.3 is 5.97 Å². The van der Waals surface area contributed by atoms with Crippen LogP contribution < -0.4 is 10.0 Å². The normalized spacial score (nSPS) is 9.95. The van der Waals surface area contributed by atoms with E-state index in [4.69, 9.17) is 4.74 Å². The lowest BCUT2D eigenvalue weighted by Gasteiger charge is -2.06. The van der Waals surface area contributed by atoms with Crippen LogP contribution in [0.4, 0.5) is 5.69 Å². The number of aromatic nitrogens is 1. The second kappa shape index (κ2) is 7.02. The minimum absolute atomic E-state index is 0.212. The van der Waals surface area contributed by atoms with Gasteiger partial charge in [0.2, 0.25) is 0 Å². The van der Waals surface area contributed by atoms with Crippen LogP contribution in [0, 0.1) is 8.78 Å². The van der Waals surface area contributed by atoms with Crippen molar-refractivity contribution >= 4 is 40.2 Å². The summed E-state index contributed by atoms with van der Waals surface area (Å²) in [4.78, 5) is 23.3. The van der Waals surface area contributed by atoms with Crippen LogP contribution in [0.3, 0.4) is 0 Å². The van der Waals surface area contributed by atoms with E-state index in [2.05, 4.69) is 27.9 Å². The highest BCUT2D eigenvalue weighted by atomic mass is 127. The molecule has 1 heterocycles. The maximum Gasteiger partial charge on any atom is 0.339 e. The molecule has 0 bridgehead atoms. The van der Waals surface area contributed by atoms with Crippen molar-refractivity contribution in [2.24, 2.45) is 0 Å². The Hall–Kier alpha value is -2.16. The SMILES string of the molecule is O=C(COC(=O)c1cc[n+]([O-])cc1)Nc1ccc(I)cc1. The fourth-order valence-electron chi connectivity index (χ4n) is 1.49. The van der Waals surface area contributed by atoms with E-state index < -0.39 is 18.5 Å². The number of anilines is 1.